The van der Waals surface area contributed by atoms with E-state index >= 15 is 0 Å². The van der Waals surface area contributed by atoms with Crippen molar-refractivity contribution in [2.24, 2.45) is 0 Å². The number of ether oxygens (including phenoxy) is 2. The third kappa shape index (κ3) is 3.83. The number of benzene rings is 1. The highest BCUT2D eigenvalue weighted by Gasteiger charge is 2.23. The van der Waals surface area contributed by atoms with Gasteiger partial charge in [0.25, 0.3) is 0 Å². The molecule has 4 N–H and O–H groups in total. The highest BCUT2D eigenvalue weighted by atomic mass is 32.2. The van der Waals surface area contributed by atoms with E-state index < -0.39 is 28.6 Å². The van der Waals surface area contributed by atoms with Gasteiger partial charge in [-0.15, -0.1) is 0 Å². The fourth-order valence-corrected chi connectivity index (χ4v) is 2.58. The van der Waals surface area contributed by atoms with Crippen LogP contribution in [0, 0.1) is 0 Å². The zero-order valence-electron chi connectivity index (χ0n) is 11.0. The molecular formula is C11H16N2O6S. The summed E-state index contributed by atoms with van der Waals surface area (Å²) >= 11 is 0. The molecule has 1 atom stereocenters. The van der Waals surface area contributed by atoms with Crippen LogP contribution in [0.5, 0.6) is 5.75 Å². The van der Waals surface area contributed by atoms with Crippen molar-refractivity contribution >= 4 is 21.7 Å². The average molecular weight is 304 g/mol. The summed E-state index contributed by atoms with van der Waals surface area (Å²) < 4.78 is 35.4. The van der Waals surface area contributed by atoms with Gasteiger partial charge in [-0.3, -0.25) is 0 Å². The van der Waals surface area contributed by atoms with Crippen LogP contribution in [0.1, 0.15) is 0 Å². The number of rotatable bonds is 6. The van der Waals surface area contributed by atoms with Crippen LogP contribution in [0.3, 0.4) is 0 Å². The molecule has 0 aliphatic rings. The lowest BCUT2D eigenvalue weighted by molar-refractivity contribution is -0.149. The van der Waals surface area contributed by atoms with Gasteiger partial charge in [0.05, 0.1) is 14.2 Å². The topological polar surface area (TPSA) is 128 Å². The maximum Gasteiger partial charge on any atom is 0.336 e. The number of carbonyl (C=O) groups is 1. The van der Waals surface area contributed by atoms with Crippen molar-refractivity contribution in [3.05, 3.63) is 18.2 Å². The molecule has 112 valence electrons. The first-order valence-electron chi connectivity index (χ1n) is 5.51. The van der Waals surface area contributed by atoms with Crippen LogP contribution < -0.4 is 15.2 Å². The van der Waals surface area contributed by atoms with Gasteiger partial charge in [-0.1, -0.05) is 0 Å². The standard InChI is InChI=1S/C11H16N2O6S/c1-18-9-5-7(12)3-4-10(9)20(16,17)13-6-8(14)11(15)19-2/h3-5,8,13-14H,6,12H2,1-2H3. The van der Waals surface area contributed by atoms with Crippen LogP contribution in [0.25, 0.3) is 0 Å². The van der Waals surface area contributed by atoms with Gasteiger partial charge in [0.15, 0.2) is 6.10 Å². The molecule has 0 saturated carbocycles. The van der Waals surface area contributed by atoms with Gasteiger partial charge < -0.3 is 20.3 Å². The van der Waals surface area contributed by atoms with Crippen LogP contribution in [-0.2, 0) is 19.6 Å². The van der Waals surface area contributed by atoms with Gasteiger partial charge in [0, 0.05) is 18.3 Å². The first-order chi connectivity index (χ1) is 9.31. The Hall–Kier alpha value is -1.84. The predicted molar refractivity (Wildman–Crippen MR) is 70.6 cm³/mol. The minimum absolute atomic E-state index is 0.0602. The highest BCUT2D eigenvalue weighted by molar-refractivity contribution is 7.89. The van der Waals surface area contributed by atoms with Gasteiger partial charge in [0.1, 0.15) is 10.6 Å². The molecule has 1 aromatic rings. The van der Waals surface area contributed by atoms with Gasteiger partial charge >= 0.3 is 5.97 Å². The summed E-state index contributed by atoms with van der Waals surface area (Å²) in [5.41, 5.74) is 5.87. The molecule has 0 saturated heterocycles. The molecule has 0 amide bonds. The van der Waals surface area contributed by atoms with E-state index in [2.05, 4.69) is 9.46 Å². The average Bonchev–Trinajstić information content (AvgIpc) is 2.43. The summed E-state index contributed by atoms with van der Waals surface area (Å²) in [5, 5.41) is 9.35. The number of aliphatic hydroxyl groups excluding tert-OH is 1. The van der Waals surface area contributed by atoms with Crippen LogP contribution >= 0.6 is 0 Å². The van der Waals surface area contributed by atoms with Gasteiger partial charge in [-0.05, 0) is 12.1 Å². The molecule has 20 heavy (non-hydrogen) atoms. The van der Waals surface area contributed by atoms with Crippen LogP contribution in [-0.4, -0.2) is 46.4 Å². The first-order valence-corrected chi connectivity index (χ1v) is 6.99. The molecule has 0 aromatic heterocycles. The summed E-state index contributed by atoms with van der Waals surface area (Å²) in [6.07, 6.45) is -1.59. The summed E-state index contributed by atoms with van der Waals surface area (Å²) in [4.78, 5) is 10.8. The maximum absolute atomic E-state index is 12.0. The summed E-state index contributed by atoms with van der Waals surface area (Å²) in [7, 11) is -1.57. The number of hydrogen-bond acceptors (Lipinski definition) is 7. The monoisotopic (exact) mass is 304 g/mol. The lowest BCUT2D eigenvalue weighted by Crippen LogP contribution is -2.37. The molecule has 0 heterocycles. The van der Waals surface area contributed by atoms with Crippen molar-refractivity contribution < 1.29 is 27.8 Å². The second-order valence-corrected chi connectivity index (χ2v) is 5.54. The van der Waals surface area contributed by atoms with Crippen molar-refractivity contribution in [2.45, 2.75) is 11.0 Å². The van der Waals surface area contributed by atoms with E-state index in [0.29, 0.717) is 5.69 Å². The Kier molecular flexibility index (Phi) is 5.31. The van der Waals surface area contributed by atoms with E-state index in [4.69, 9.17) is 10.5 Å². The number of esters is 1. The molecule has 0 aliphatic carbocycles. The zero-order chi connectivity index (χ0) is 15.3. The molecule has 0 spiro atoms. The van der Waals surface area contributed by atoms with Crippen LogP contribution in [0.2, 0.25) is 0 Å². The second-order valence-electron chi connectivity index (χ2n) is 3.80. The molecule has 8 nitrogen and oxygen atoms in total. The minimum atomic E-state index is -3.95. The Labute approximate surface area is 116 Å². The Bertz CT molecular complexity index is 587. The van der Waals surface area contributed by atoms with E-state index in [1.807, 2.05) is 0 Å². The van der Waals surface area contributed by atoms with E-state index in [9.17, 15) is 18.3 Å². The third-order valence-corrected chi connectivity index (χ3v) is 3.88. The predicted octanol–water partition coefficient (Wildman–Crippen LogP) is -0.910. The zero-order valence-corrected chi connectivity index (χ0v) is 11.8. The van der Waals surface area contributed by atoms with Crippen LogP contribution in [0.15, 0.2) is 23.1 Å². The number of carbonyl (C=O) groups excluding carboxylic acids is 1. The molecule has 0 radical (unpaired) electrons. The number of methoxy groups -OCH3 is 2. The molecule has 0 aliphatic heterocycles. The van der Waals surface area contributed by atoms with Crippen molar-refractivity contribution in [3.63, 3.8) is 0 Å². The third-order valence-electron chi connectivity index (χ3n) is 2.42. The van der Waals surface area contributed by atoms with Gasteiger partial charge in [0.2, 0.25) is 10.0 Å². The smallest absolute Gasteiger partial charge is 0.336 e. The number of nitrogens with one attached hydrogen (secondary N) is 1. The largest absolute Gasteiger partial charge is 0.495 e. The number of aliphatic hydroxyl groups is 1. The quantitative estimate of drug-likeness (QED) is 0.458. The fourth-order valence-electron chi connectivity index (χ4n) is 1.39. The molecule has 9 heteroatoms. The minimum Gasteiger partial charge on any atom is -0.495 e. The van der Waals surface area contributed by atoms with Crippen molar-refractivity contribution in [2.75, 3.05) is 26.5 Å². The second kappa shape index (κ2) is 6.55. The lowest BCUT2D eigenvalue weighted by atomic mass is 10.3. The van der Waals surface area contributed by atoms with E-state index in [1.54, 1.807) is 0 Å². The van der Waals surface area contributed by atoms with Crippen molar-refractivity contribution in [1.29, 1.82) is 0 Å². The van der Waals surface area contributed by atoms with Crippen molar-refractivity contribution in [1.82, 2.24) is 4.72 Å². The molecule has 1 rings (SSSR count). The summed E-state index contributed by atoms with van der Waals surface area (Å²) in [5.74, 6) is -0.873. The molecule has 1 aromatic carbocycles. The summed E-state index contributed by atoms with van der Waals surface area (Å²) in [6, 6.07) is 4.01. The van der Waals surface area contributed by atoms with E-state index in [0.717, 1.165) is 7.11 Å². The fraction of sp³-hybridized carbons (Fsp3) is 0.364. The number of anilines is 1. The van der Waals surface area contributed by atoms with Crippen molar-refractivity contribution in [3.8, 4) is 5.75 Å². The van der Waals surface area contributed by atoms with E-state index in [1.165, 1.54) is 25.3 Å². The van der Waals surface area contributed by atoms with Gasteiger partial charge in [-0.2, -0.15) is 0 Å². The Morgan fingerprint density at radius 3 is 2.65 bits per heavy atom. The number of hydrogen-bond donors (Lipinski definition) is 3. The van der Waals surface area contributed by atoms with Crippen LogP contribution in [0.4, 0.5) is 5.69 Å². The molecule has 1 unspecified atom stereocenters. The molecule has 0 bridgehead atoms. The first kappa shape index (κ1) is 16.2. The number of nitrogen functional groups attached to an aromatic ring is 1. The molecule has 0 fully saturated rings. The summed E-state index contributed by atoms with van der Waals surface area (Å²) in [6.45, 7) is -0.511. The maximum atomic E-state index is 12.0. The Balaban J connectivity index is 2.92. The normalized spacial score (nSPS) is 12.8. The Morgan fingerprint density at radius 1 is 1.45 bits per heavy atom. The SMILES string of the molecule is COC(=O)C(O)CNS(=O)(=O)c1ccc(N)cc1OC. The molecular weight excluding hydrogens is 288 g/mol. The lowest BCUT2D eigenvalue weighted by Gasteiger charge is -2.13. The van der Waals surface area contributed by atoms with Gasteiger partial charge in [-0.25, -0.2) is 17.9 Å². The number of sulfonamides is 1. The van der Waals surface area contributed by atoms with E-state index in [-0.39, 0.29) is 10.6 Å². The number of nitrogens with two attached hydrogens (primary N) is 1. The Morgan fingerprint density at radius 2 is 2.10 bits per heavy atom. The highest BCUT2D eigenvalue weighted by Crippen LogP contribution is 2.25.